The number of hydrogen-bond donors (Lipinski definition) is 1. The number of nitrogens with zero attached hydrogens (tertiary/aromatic N) is 2. The summed E-state index contributed by atoms with van der Waals surface area (Å²) in [5.74, 6) is -0.986. The highest BCUT2D eigenvalue weighted by molar-refractivity contribution is 7.09. The van der Waals surface area contributed by atoms with Gasteiger partial charge in [0.15, 0.2) is 0 Å². The molecular formula is C22H19N3O3S. The predicted molar refractivity (Wildman–Crippen MR) is 111 cm³/mol. The fourth-order valence-corrected chi connectivity index (χ4v) is 3.89. The molecular weight excluding hydrogens is 386 g/mol. The van der Waals surface area contributed by atoms with Gasteiger partial charge >= 0.3 is 0 Å². The summed E-state index contributed by atoms with van der Waals surface area (Å²) < 4.78 is 0. The second-order valence-electron chi connectivity index (χ2n) is 6.88. The minimum Gasteiger partial charge on any atom is -0.352 e. The lowest BCUT2D eigenvalue weighted by Gasteiger charge is -2.07. The van der Waals surface area contributed by atoms with E-state index in [4.69, 9.17) is 0 Å². The fraction of sp³-hybridized carbons (Fsp3) is 0.182. The molecule has 0 saturated heterocycles. The van der Waals surface area contributed by atoms with Crippen molar-refractivity contribution in [2.24, 2.45) is 0 Å². The molecule has 1 N–H and O–H groups in total. The summed E-state index contributed by atoms with van der Waals surface area (Å²) in [6, 6.07) is 12.7. The molecule has 0 unspecified atom stereocenters. The Morgan fingerprint density at radius 3 is 2.48 bits per heavy atom. The summed E-state index contributed by atoms with van der Waals surface area (Å²) >= 11 is 1.63. The standard InChI is InChI=1S/C22H19N3O3S/c1-13-24-19(12-29-13)15-5-3-14(4-6-15)9-10-23-20(26)16-7-8-17-18(11-16)22(28)25(2)21(17)27/h3-8,11-12H,9-10H2,1-2H3,(H,23,26). The maximum absolute atomic E-state index is 12.4. The normalized spacial score (nSPS) is 13.0. The fourth-order valence-electron chi connectivity index (χ4n) is 3.26. The van der Waals surface area contributed by atoms with E-state index < -0.39 is 0 Å². The van der Waals surface area contributed by atoms with Crippen LogP contribution in [0.25, 0.3) is 11.3 Å². The van der Waals surface area contributed by atoms with E-state index in [0.717, 1.165) is 26.7 Å². The zero-order chi connectivity index (χ0) is 20.5. The number of thiazole rings is 1. The van der Waals surface area contributed by atoms with Gasteiger partial charge in [0.2, 0.25) is 0 Å². The van der Waals surface area contributed by atoms with Crippen molar-refractivity contribution >= 4 is 29.1 Å². The zero-order valence-electron chi connectivity index (χ0n) is 16.1. The van der Waals surface area contributed by atoms with E-state index in [1.165, 1.54) is 19.2 Å². The van der Waals surface area contributed by atoms with Gasteiger partial charge in [0.05, 0.1) is 21.8 Å². The van der Waals surface area contributed by atoms with Crippen molar-refractivity contribution in [2.45, 2.75) is 13.3 Å². The third-order valence-electron chi connectivity index (χ3n) is 4.92. The first-order valence-corrected chi connectivity index (χ1v) is 10.1. The second-order valence-corrected chi connectivity index (χ2v) is 7.95. The third kappa shape index (κ3) is 3.69. The van der Waals surface area contributed by atoms with Crippen molar-refractivity contribution in [3.05, 3.63) is 75.1 Å². The minimum atomic E-state index is -0.380. The molecule has 3 aromatic rings. The van der Waals surface area contributed by atoms with E-state index in [-0.39, 0.29) is 23.3 Å². The van der Waals surface area contributed by atoms with Gasteiger partial charge in [-0.2, -0.15) is 0 Å². The van der Waals surface area contributed by atoms with E-state index >= 15 is 0 Å². The summed E-state index contributed by atoms with van der Waals surface area (Å²) in [6.45, 7) is 2.45. The number of nitrogens with one attached hydrogen (secondary N) is 1. The number of carbonyl (C=O) groups excluding carboxylic acids is 3. The number of benzene rings is 2. The first kappa shape index (κ1) is 19.0. The summed E-state index contributed by atoms with van der Waals surface area (Å²) in [5.41, 5.74) is 4.14. The van der Waals surface area contributed by atoms with Crippen LogP contribution in [0.2, 0.25) is 0 Å². The Balaban J connectivity index is 1.36. The number of fused-ring (bicyclic) bond motifs is 1. The van der Waals surface area contributed by atoms with Crippen LogP contribution in [-0.4, -0.2) is 41.2 Å². The molecule has 1 aliphatic heterocycles. The number of imide groups is 1. The van der Waals surface area contributed by atoms with E-state index in [0.29, 0.717) is 24.1 Å². The van der Waals surface area contributed by atoms with Crippen LogP contribution in [0.4, 0.5) is 0 Å². The SMILES string of the molecule is Cc1nc(-c2ccc(CCNC(=O)c3ccc4c(c3)C(=O)N(C)C4=O)cc2)cs1. The maximum Gasteiger partial charge on any atom is 0.261 e. The Kier molecular flexibility index (Phi) is 4.98. The van der Waals surface area contributed by atoms with E-state index in [1.807, 2.05) is 36.6 Å². The molecule has 4 rings (SSSR count). The van der Waals surface area contributed by atoms with Crippen molar-refractivity contribution < 1.29 is 14.4 Å². The molecule has 0 spiro atoms. The molecule has 7 heteroatoms. The van der Waals surface area contributed by atoms with Gasteiger partial charge < -0.3 is 5.32 Å². The van der Waals surface area contributed by atoms with Gasteiger partial charge in [-0.05, 0) is 37.1 Å². The lowest BCUT2D eigenvalue weighted by Crippen LogP contribution is -2.26. The molecule has 0 fully saturated rings. The molecule has 2 heterocycles. The summed E-state index contributed by atoms with van der Waals surface area (Å²) in [6.07, 6.45) is 0.688. The van der Waals surface area contributed by atoms with Crippen LogP contribution in [0, 0.1) is 6.92 Å². The molecule has 0 atom stereocenters. The lowest BCUT2D eigenvalue weighted by atomic mass is 10.0. The Labute approximate surface area is 172 Å². The summed E-state index contributed by atoms with van der Waals surface area (Å²) in [7, 11) is 1.44. The van der Waals surface area contributed by atoms with Gasteiger partial charge in [0.1, 0.15) is 0 Å². The van der Waals surface area contributed by atoms with Gasteiger partial charge in [0.25, 0.3) is 17.7 Å². The van der Waals surface area contributed by atoms with E-state index in [2.05, 4.69) is 10.3 Å². The van der Waals surface area contributed by atoms with Crippen molar-refractivity contribution in [3.8, 4) is 11.3 Å². The van der Waals surface area contributed by atoms with Crippen LogP contribution in [0.1, 0.15) is 41.6 Å². The highest BCUT2D eigenvalue weighted by Crippen LogP contribution is 2.23. The van der Waals surface area contributed by atoms with Crippen molar-refractivity contribution in [1.29, 1.82) is 0 Å². The molecule has 0 saturated carbocycles. The number of rotatable bonds is 5. The van der Waals surface area contributed by atoms with Crippen LogP contribution >= 0.6 is 11.3 Å². The largest absolute Gasteiger partial charge is 0.352 e. The van der Waals surface area contributed by atoms with Gasteiger partial charge in [-0.3, -0.25) is 19.3 Å². The quantitative estimate of drug-likeness (QED) is 0.661. The van der Waals surface area contributed by atoms with Gasteiger partial charge in [-0.15, -0.1) is 11.3 Å². The number of amides is 3. The Hall–Kier alpha value is -3.32. The van der Waals surface area contributed by atoms with Gasteiger partial charge in [0, 0.05) is 30.1 Å². The van der Waals surface area contributed by atoms with Crippen LogP contribution in [0.5, 0.6) is 0 Å². The van der Waals surface area contributed by atoms with E-state index in [9.17, 15) is 14.4 Å². The Morgan fingerprint density at radius 1 is 1.07 bits per heavy atom. The predicted octanol–water partition coefficient (Wildman–Crippen LogP) is 3.32. The number of hydrogen-bond acceptors (Lipinski definition) is 5. The first-order chi connectivity index (χ1) is 13.9. The minimum absolute atomic E-state index is 0.267. The van der Waals surface area contributed by atoms with Crippen LogP contribution in [-0.2, 0) is 6.42 Å². The molecule has 29 heavy (non-hydrogen) atoms. The van der Waals surface area contributed by atoms with Crippen molar-refractivity contribution in [2.75, 3.05) is 13.6 Å². The highest BCUT2D eigenvalue weighted by Gasteiger charge is 2.33. The summed E-state index contributed by atoms with van der Waals surface area (Å²) in [4.78, 5) is 42.0. The van der Waals surface area contributed by atoms with Crippen molar-refractivity contribution in [1.82, 2.24) is 15.2 Å². The average Bonchev–Trinajstić information content (AvgIpc) is 3.26. The van der Waals surface area contributed by atoms with Gasteiger partial charge in [-0.25, -0.2) is 4.98 Å². The molecule has 1 aliphatic rings. The molecule has 3 amide bonds. The molecule has 0 radical (unpaired) electrons. The Morgan fingerprint density at radius 2 is 1.79 bits per heavy atom. The van der Waals surface area contributed by atoms with Gasteiger partial charge in [-0.1, -0.05) is 24.3 Å². The number of carbonyl (C=O) groups is 3. The number of aromatic nitrogens is 1. The smallest absolute Gasteiger partial charge is 0.261 e. The Bertz CT molecular complexity index is 1120. The maximum atomic E-state index is 12.4. The topological polar surface area (TPSA) is 79.4 Å². The highest BCUT2D eigenvalue weighted by atomic mass is 32.1. The molecule has 1 aromatic heterocycles. The van der Waals surface area contributed by atoms with Crippen LogP contribution in [0.15, 0.2) is 47.8 Å². The van der Waals surface area contributed by atoms with E-state index in [1.54, 1.807) is 17.4 Å². The molecule has 0 aliphatic carbocycles. The zero-order valence-corrected chi connectivity index (χ0v) is 16.9. The lowest BCUT2D eigenvalue weighted by molar-refractivity contribution is 0.0693. The monoisotopic (exact) mass is 405 g/mol. The van der Waals surface area contributed by atoms with Crippen LogP contribution in [0.3, 0.4) is 0 Å². The summed E-state index contributed by atoms with van der Waals surface area (Å²) in [5, 5.41) is 5.94. The average molecular weight is 405 g/mol. The first-order valence-electron chi connectivity index (χ1n) is 9.20. The van der Waals surface area contributed by atoms with Crippen molar-refractivity contribution in [3.63, 3.8) is 0 Å². The molecule has 146 valence electrons. The molecule has 2 aromatic carbocycles. The third-order valence-corrected chi connectivity index (χ3v) is 5.69. The molecule has 6 nitrogen and oxygen atoms in total. The van der Waals surface area contributed by atoms with Crippen LogP contribution < -0.4 is 5.32 Å². The second kappa shape index (κ2) is 7.60. The molecule has 0 bridgehead atoms. The number of aryl methyl sites for hydroxylation is 1.